The van der Waals surface area contributed by atoms with Crippen LogP contribution in [0.5, 0.6) is 5.75 Å². The van der Waals surface area contributed by atoms with Gasteiger partial charge in [-0.15, -0.1) is 0 Å². The minimum atomic E-state index is -0.518. The molecule has 0 saturated carbocycles. The number of fused-ring (bicyclic) bond motifs is 1. The number of aromatic nitrogens is 2. The van der Waals surface area contributed by atoms with Crippen LogP contribution in [-0.2, 0) is 4.74 Å². The third-order valence-electron chi connectivity index (χ3n) is 5.79. The van der Waals surface area contributed by atoms with Crippen molar-refractivity contribution in [1.82, 2.24) is 9.97 Å². The molecule has 0 aliphatic carbocycles. The topological polar surface area (TPSA) is 76.6 Å². The van der Waals surface area contributed by atoms with E-state index in [4.69, 9.17) is 9.47 Å². The maximum atomic E-state index is 14.4. The number of anilines is 3. The van der Waals surface area contributed by atoms with Gasteiger partial charge in [0.15, 0.2) is 0 Å². The fraction of sp³-hybridized carbons (Fsp3) is 0.375. The lowest BCUT2D eigenvalue weighted by atomic mass is 9.92. The number of methoxy groups -OCH3 is 1. The number of benzene rings is 2. The van der Waals surface area contributed by atoms with Gasteiger partial charge in [-0.2, -0.15) is 0 Å². The standard InChI is InChI=1S/C24H26BrFN4O3/c1-4-8-24(9-5-2)13-30(23(31)33-24)20-11-16-19(12-21(20)32-3)27-14-28-22(16)29-18-7-6-15(25)10-17(18)26/h6-7,10-12,14H,4-5,8-9,13H2,1-3H3,(H,27,28,29). The lowest BCUT2D eigenvalue weighted by Gasteiger charge is -2.26. The van der Waals surface area contributed by atoms with Crippen LogP contribution in [0.15, 0.2) is 41.1 Å². The van der Waals surface area contributed by atoms with E-state index in [2.05, 4.69) is 45.1 Å². The van der Waals surface area contributed by atoms with Crippen LogP contribution in [0.3, 0.4) is 0 Å². The highest BCUT2D eigenvalue weighted by atomic mass is 79.9. The Hall–Kier alpha value is -2.94. The van der Waals surface area contributed by atoms with Gasteiger partial charge in [0, 0.05) is 15.9 Å². The summed E-state index contributed by atoms with van der Waals surface area (Å²) in [7, 11) is 1.55. The first-order chi connectivity index (χ1) is 15.9. The summed E-state index contributed by atoms with van der Waals surface area (Å²) in [5.74, 6) is 0.505. The Bertz CT molecular complexity index is 1180. The van der Waals surface area contributed by atoms with Crippen molar-refractivity contribution in [2.24, 2.45) is 0 Å². The Labute approximate surface area is 200 Å². The number of nitrogens with zero attached hydrogens (tertiary/aromatic N) is 3. The molecule has 1 fully saturated rings. The number of nitrogens with one attached hydrogen (secondary N) is 1. The average Bonchev–Trinajstić information content (AvgIpc) is 3.11. The summed E-state index contributed by atoms with van der Waals surface area (Å²) in [5, 5.41) is 3.67. The summed E-state index contributed by atoms with van der Waals surface area (Å²) in [5.41, 5.74) is 0.931. The van der Waals surface area contributed by atoms with Crippen LogP contribution in [0.1, 0.15) is 39.5 Å². The molecule has 7 nitrogen and oxygen atoms in total. The van der Waals surface area contributed by atoms with Crippen molar-refractivity contribution >= 4 is 50.1 Å². The quantitative estimate of drug-likeness (QED) is 0.364. The van der Waals surface area contributed by atoms with E-state index >= 15 is 0 Å². The van der Waals surface area contributed by atoms with E-state index in [-0.39, 0.29) is 5.69 Å². The molecule has 33 heavy (non-hydrogen) atoms. The van der Waals surface area contributed by atoms with E-state index in [0.717, 1.165) is 25.7 Å². The Kier molecular flexibility index (Phi) is 6.69. The van der Waals surface area contributed by atoms with Crippen LogP contribution in [0.25, 0.3) is 10.9 Å². The van der Waals surface area contributed by atoms with Crippen molar-refractivity contribution in [2.45, 2.75) is 45.1 Å². The Morgan fingerprint density at radius 1 is 1.21 bits per heavy atom. The van der Waals surface area contributed by atoms with E-state index in [1.165, 1.54) is 12.4 Å². The summed E-state index contributed by atoms with van der Waals surface area (Å²) >= 11 is 3.26. The summed E-state index contributed by atoms with van der Waals surface area (Å²) in [6.45, 7) is 4.61. The molecule has 1 aliphatic heterocycles. The number of halogens is 2. The largest absolute Gasteiger partial charge is 0.494 e. The highest BCUT2D eigenvalue weighted by Gasteiger charge is 2.45. The second-order valence-electron chi connectivity index (χ2n) is 8.15. The Balaban J connectivity index is 1.77. The second kappa shape index (κ2) is 9.51. The van der Waals surface area contributed by atoms with Gasteiger partial charge in [-0.1, -0.05) is 42.6 Å². The number of carbonyl (C=O) groups is 1. The first-order valence-corrected chi connectivity index (χ1v) is 11.7. The molecule has 1 saturated heterocycles. The van der Waals surface area contributed by atoms with Crippen LogP contribution in [0, 0.1) is 5.82 Å². The minimum Gasteiger partial charge on any atom is -0.494 e. The van der Waals surface area contributed by atoms with Crippen molar-refractivity contribution in [3.8, 4) is 5.75 Å². The van der Waals surface area contributed by atoms with Crippen molar-refractivity contribution in [2.75, 3.05) is 23.9 Å². The van der Waals surface area contributed by atoms with Gasteiger partial charge < -0.3 is 14.8 Å². The van der Waals surface area contributed by atoms with Gasteiger partial charge >= 0.3 is 6.09 Å². The zero-order valence-corrected chi connectivity index (χ0v) is 20.4. The predicted molar refractivity (Wildman–Crippen MR) is 130 cm³/mol. The molecule has 0 unspecified atom stereocenters. The number of cyclic esters (lactones) is 1. The molecule has 2 heterocycles. The third-order valence-corrected chi connectivity index (χ3v) is 6.29. The zero-order chi connectivity index (χ0) is 23.6. The molecule has 2 aromatic carbocycles. The summed E-state index contributed by atoms with van der Waals surface area (Å²) in [4.78, 5) is 23.2. The van der Waals surface area contributed by atoms with E-state index in [1.54, 1.807) is 36.3 Å². The highest BCUT2D eigenvalue weighted by Crippen LogP contribution is 2.41. The maximum absolute atomic E-state index is 14.4. The highest BCUT2D eigenvalue weighted by molar-refractivity contribution is 9.10. The molecular weight excluding hydrogens is 491 g/mol. The van der Waals surface area contributed by atoms with Crippen molar-refractivity contribution in [3.05, 3.63) is 46.9 Å². The summed E-state index contributed by atoms with van der Waals surface area (Å²) < 4.78 is 26.6. The Morgan fingerprint density at radius 2 is 1.97 bits per heavy atom. The minimum absolute atomic E-state index is 0.279. The van der Waals surface area contributed by atoms with Gasteiger partial charge in [-0.3, -0.25) is 4.90 Å². The second-order valence-corrected chi connectivity index (χ2v) is 9.07. The van der Waals surface area contributed by atoms with Crippen molar-refractivity contribution in [3.63, 3.8) is 0 Å². The SMILES string of the molecule is CCCC1(CCC)CN(c2cc3c(Nc4ccc(Br)cc4F)ncnc3cc2OC)C(=O)O1. The van der Waals surface area contributed by atoms with Gasteiger partial charge in [0.05, 0.1) is 30.5 Å². The van der Waals surface area contributed by atoms with E-state index in [1.807, 2.05) is 0 Å². The smallest absolute Gasteiger partial charge is 0.415 e. The average molecular weight is 517 g/mol. The lowest BCUT2D eigenvalue weighted by molar-refractivity contribution is 0.0412. The van der Waals surface area contributed by atoms with Crippen LogP contribution < -0.4 is 15.0 Å². The summed E-state index contributed by atoms with van der Waals surface area (Å²) in [6.07, 6.45) is 4.40. The van der Waals surface area contributed by atoms with Gasteiger partial charge in [0.1, 0.15) is 29.3 Å². The number of rotatable bonds is 8. The van der Waals surface area contributed by atoms with Crippen molar-refractivity contribution in [1.29, 1.82) is 0 Å². The fourth-order valence-electron chi connectivity index (χ4n) is 4.37. The van der Waals surface area contributed by atoms with E-state index in [0.29, 0.717) is 39.2 Å². The van der Waals surface area contributed by atoms with Crippen LogP contribution in [0.2, 0.25) is 0 Å². The zero-order valence-electron chi connectivity index (χ0n) is 18.8. The molecule has 174 valence electrons. The first-order valence-electron chi connectivity index (χ1n) is 10.9. The monoisotopic (exact) mass is 516 g/mol. The molecule has 0 bridgehead atoms. The van der Waals surface area contributed by atoms with Crippen LogP contribution in [0.4, 0.5) is 26.4 Å². The molecule has 0 atom stereocenters. The number of hydrogen-bond donors (Lipinski definition) is 1. The first kappa shape index (κ1) is 23.2. The number of amides is 1. The summed E-state index contributed by atoms with van der Waals surface area (Å²) in [6, 6.07) is 8.29. The van der Waals surface area contributed by atoms with E-state index < -0.39 is 17.5 Å². The van der Waals surface area contributed by atoms with E-state index in [9.17, 15) is 9.18 Å². The van der Waals surface area contributed by atoms with Gasteiger partial charge in [-0.25, -0.2) is 19.2 Å². The number of hydrogen-bond acceptors (Lipinski definition) is 6. The maximum Gasteiger partial charge on any atom is 0.415 e. The molecule has 1 aromatic heterocycles. The lowest BCUT2D eigenvalue weighted by Crippen LogP contribution is -2.34. The third kappa shape index (κ3) is 4.59. The molecule has 0 radical (unpaired) electrons. The molecule has 1 N–H and O–H groups in total. The normalized spacial score (nSPS) is 15.1. The number of ether oxygens (including phenoxy) is 2. The molecule has 0 spiro atoms. The molecule has 4 rings (SSSR count). The van der Waals surface area contributed by atoms with Gasteiger partial charge in [0.2, 0.25) is 0 Å². The predicted octanol–water partition coefficient (Wildman–Crippen LogP) is 6.58. The van der Waals surface area contributed by atoms with Gasteiger partial charge in [0.25, 0.3) is 0 Å². The Morgan fingerprint density at radius 3 is 2.64 bits per heavy atom. The molecule has 9 heteroatoms. The fourth-order valence-corrected chi connectivity index (χ4v) is 4.70. The number of carbonyl (C=O) groups excluding carboxylic acids is 1. The molecule has 3 aromatic rings. The van der Waals surface area contributed by atoms with Crippen LogP contribution >= 0.6 is 15.9 Å². The molecule has 1 amide bonds. The molecule has 1 aliphatic rings. The van der Waals surface area contributed by atoms with Gasteiger partial charge in [-0.05, 0) is 37.1 Å². The van der Waals surface area contributed by atoms with Crippen molar-refractivity contribution < 1.29 is 18.7 Å². The van der Waals surface area contributed by atoms with Crippen LogP contribution in [-0.4, -0.2) is 35.3 Å². The molecular formula is C24H26BrFN4O3.